The third-order valence-corrected chi connectivity index (χ3v) is 7.10. The number of carbonyl (C=O) groups is 2. The first-order valence-electron chi connectivity index (χ1n) is 11.5. The summed E-state index contributed by atoms with van der Waals surface area (Å²) < 4.78 is 5.17. The first kappa shape index (κ1) is 24.9. The van der Waals surface area contributed by atoms with E-state index in [9.17, 15) is 14.7 Å². The number of aliphatic hydroxyl groups excluding tert-OH is 1. The van der Waals surface area contributed by atoms with Gasteiger partial charge < -0.3 is 25.5 Å². The standard InChI is InChI=1S/C25H31N5O4S/c1-14-20(35-13-28-14)16-7-5-15(6-8-16)9-17-11-27-22(29-17)19-10-18(31)12-30(19)23(32)21(25(2,3)4)34-24(26)33/h5-8,11,13,18-19,21,31H,9-10,12H2,1-4H3,(H2,26,33)(H,27,29)/t18-,19+,21-/m1/s1. The number of aliphatic hydroxyl groups is 1. The van der Waals surface area contributed by atoms with Crippen molar-refractivity contribution in [3.8, 4) is 10.4 Å². The molecule has 3 atom stereocenters. The van der Waals surface area contributed by atoms with Gasteiger partial charge in [-0.15, -0.1) is 11.3 Å². The van der Waals surface area contributed by atoms with E-state index in [2.05, 4.69) is 39.2 Å². The fourth-order valence-corrected chi connectivity index (χ4v) is 5.20. The van der Waals surface area contributed by atoms with Crippen molar-refractivity contribution in [2.24, 2.45) is 11.1 Å². The van der Waals surface area contributed by atoms with Crippen LogP contribution in [-0.4, -0.2) is 55.7 Å². The summed E-state index contributed by atoms with van der Waals surface area (Å²) >= 11 is 1.62. The Balaban J connectivity index is 1.50. The fraction of sp³-hybridized carbons (Fsp3) is 0.440. The Labute approximate surface area is 208 Å². The number of hydrogen-bond donors (Lipinski definition) is 3. The van der Waals surface area contributed by atoms with E-state index in [-0.39, 0.29) is 6.54 Å². The minimum atomic E-state index is -1.07. The highest BCUT2D eigenvalue weighted by Gasteiger charge is 2.44. The first-order chi connectivity index (χ1) is 16.5. The SMILES string of the molecule is Cc1ncsc1-c1ccc(Cc2cnc([C@@H]3C[C@@H](O)CN3C(=O)[C@@H](OC(N)=O)C(C)(C)C)[nH]2)cc1. The lowest BCUT2D eigenvalue weighted by Gasteiger charge is -2.33. The number of nitrogens with zero attached hydrogens (tertiary/aromatic N) is 3. The molecule has 0 radical (unpaired) electrons. The zero-order chi connectivity index (χ0) is 25.3. The summed E-state index contributed by atoms with van der Waals surface area (Å²) in [6.45, 7) is 7.53. The van der Waals surface area contributed by atoms with Gasteiger partial charge in [-0.3, -0.25) is 4.79 Å². The van der Waals surface area contributed by atoms with Crippen LogP contribution in [0.3, 0.4) is 0 Å². The third kappa shape index (κ3) is 5.54. The van der Waals surface area contributed by atoms with Crippen LogP contribution in [0.1, 0.15) is 56.0 Å². The Bertz CT molecular complexity index is 1200. The molecular formula is C25H31N5O4S. The molecule has 0 saturated carbocycles. The van der Waals surface area contributed by atoms with E-state index in [1.807, 2.05) is 12.4 Å². The molecule has 0 bridgehead atoms. The normalized spacial score (nSPS) is 19.1. The number of aromatic amines is 1. The van der Waals surface area contributed by atoms with Gasteiger partial charge in [-0.1, -0.05) is 45.0 Å². The molecule has 35 heavy (non-hydrogen) atoms. The topological polar surface area (TPSA) is 134 Å². The number of thiazole rings is 1. The van der Waals surface area contributed by atoms with E-state index in [1.165, 1.54) is 9.78 Å². The van der Waals surface area contributed by atoms with Gasteiger partial charge in [-0.2, -0.15) is 0 Å². The molecule has 1 aliphatic heterocycles. The quantitative estimate of drug-likeness (QED) is 0.477. The first-order valence-corrected chi connectivity index (χ1v) is 12.4. The fourth-order valence-electron chi connectivity index (χ4n) is 4.39. The lowest BCUT2D eigenvalue weighted by Crippen LogP contribution is -2.48. The zero-order valence-corrected chi connectivity index (χ0v) is 21.1. The highest BCUT2D eigenvalue weighted by atomic mass is 32.1. The number of imidazole rings is 1. The molecule has 3 heterocycles. The molecule has 10 heteroatoms. The molecule has 4 N–H and O–H groups in total. The summed E-state index contributed by atoms with van der Waals surface area (Å²) in [4.78, 5) is 39.6. The largest absolute Gasteiger partial charge is 0.436 e. The molecule has 2 amide bonds. The number of nitrogens with one attached hydrogen (secondary N) is 1. The van der Waals surface area contributed by atoms with Gasteiger partial charge in [0.1, 0.15) is 5.82 Å². The number of aryl methyl sites for hydroxylation is 1. The van der Waals surface area contributed by atoms with E-state index in [0.717, 1.165) is 22.5 Å². The summed E-state index contributed by atoms with van der Waals surface area (Å²) in [5.41, 5.74) is 10.6. The van der Waals surface area contributed by atoms with E-state index in [4.69, 9.17) is 10.5 Å². The van der Waals surface area contributed by atoms with Gasteiger partial charge in [0.2, 0.25) is 0 Å². The van der Waals surface area contributed by atoms with Crippen molar-refractivity contribution in [3.05, 3.63) is 58.7 Å². The number of benzene rings is 1. The van der Waals surface area contributed by atoms with Crippen molar-refractivity contribution in [2.45, 2.75) is 58.8 Å². The molecule has 3 aromatic rings. The minimum Gasteiger partial charge on any atom is -0.436 e. The second-order valence-corrected chi connectivity index (χ2v) is 10.9. The van der Waals surface area contributed by atoms with Gasteiger partial charge in [0, 0.05) is 36.7 Å². The summed E-state index contributed by atoms with van der Waals surface area (Å²) in [5, 5.41) is 10.3. The molecule has 1 aromatic carbocycles. The maximum absolute atomic E-state index is 13.3. The van der Waals surface area contributed by atoms with Gasteiger partial charge in [-0.05, 0) is 18.1 Å². The van der Waals surface area contributed by atoms with E-state index >= 15 is 0 Å². The maximum Gasteiger partial charge on any atom is 0.405 e. The van der Waals surface area contributed by atoms with Crippen LogP contribution in [0, 0.1) is 12.3 Å². The number of H-pyrrole nitrogens is 1. The molecule has 2 aromatic heterocycles. The number of primary amides is 1. The van der Waals surface area contributed by atoms with Crippen molar-refractivity contribution >= 4 is 23.3 Å². The summed E-state index contributed by atoms with van der Waals surface area (Å²) in [6.07, 6.45) is -0.0306. The number of β-amino-alcohol motifs (C(OH)–C–C–N with tert-alkyl or cyclic N) is 1. The Morgan fingerprint density at radius 2 is 2.00 bits per heavy atom. The average Bonchev–Trinajstić information content (AvgIpc) is 3.51. The van der Waals surface area contributed by atoms with Crippen LogP contribution in [0.25, 0.3) is 10.4 Å². The van der Waals surface area contributed by atoms with Gasteiger partial charge in [-0.25, -0.2) is 14.8 Å². The number of rotatable bonds is 6. The van der Waals surface area contributed by atoms with E-state index < -0.39 is 35.7 Å². The zero-order valence-electron chi connectivity index (χ0n) is 20.3. The van der Waals surface area contributed by atoms with E-state index in [1.54, 1.807) is 38.3 Å². The van der Waals surface area contributed by atoms with Crippen LogP contribution in [0.5, 0.6) is 0 Å². The molecule has 1 saturated heterocycles. The molecule has 0 unspecified atom stereocenters. The Morgan fingerprint density at radius 1 is 1.29 bits per heavy atom. The van der Waals surface area contributed by atoms with Gasteiger partial charge in [0.15, 0.2) is 6.10 Å². The molecule has 1 aliphatic rings. The number of carbonyl (C=O) groups excluding carboxylic acids is 2. The van der Waals surface area contributed by atoms with Crippen LogP contribution in [-0.2, 0) is 16.0 Å². The number of aromatic nitrogens is 3. The Morgan fingerprint density at radius 3 is 2.60 bits per heavy atom. The molecule has 1 fully saturated rings. The predicted octanol–water partition coefficient (Wildman–Crippen LogP) is 3.58. The van der Waals surface area contributed by atoms with Crippen molar-refractivity contribution in [1.82, 2.24) is 19.9 Å². The molecular weight excluding hydrogens is 466 g/mol. The smallest absolute Gasteiger partial charge is 0.405 e. The molecule has 0 aliphatic carbocycles. The van der Waals surface area contributed by atoms with Crippen LogP contribution < -0.4 is 5.73 Å². The molecule has 4 rings (SSSR count). The molecule has 0 spiro atoms. The van der Waals surface area contributed by atoms with E-state index in [0.29, 0.717) is 18.7 Å². The van der Waals surface area contributed by atoms with Gasteiger partial charge in [0.05, 0.1) is 28.2 Å². The van der Waals surface area contributed by atoms with Gasteiger partial charge >= 0.3 is 6.09 Å². The number of ether oxygens (including phenoxy) is 1. The van der Waals surface area contributed by atoms with Crippen LogP contribution in [0.2, 0.25) is 0 Å². The number of amides is 2. The summed E-state index contributed by atoms with van der Waals surface area (Å²) in [5.74, 6) is 0.193. The van der Waals surface area contributed by atoms with Gasteiger partial charge in [0.25, 0.3) is 5.91 Å². The third-order valence-electron chi connectivity index (χ3n) is 6.13. The van der Waals surface area contributed by atoms with Crippen molar-refractivity contribution in [2.75, 3.05) is 6.54 Å². The second-order valence-electron chi connectivity index (χ2n) is 10.0. The Kier molecular flexibility index (Phi) is 6.95. The van der Waals surface area contributed by atoms with Crippen LogP contribution >= 0.6 is 11.3 Å². The predicted molar refractivity (Wildman–Crippen MR) is 133 cm³/mol. The maximum atomic E-state index is 13.3. The van der Waals surface area contributed by atoms with Crippen molar-refractivity contribution in [3.63, 3.8) is 0 Å². The second kappa shape index (κ2) is 9.79. The number of likely N-dealkylation sites (tertiary alicyclic amines) is 1. The lowest BCUT2D eigenvalue weighted by molar-refractivity contribution is -0.147. The minimum absolute atomic E-state index is 0.132. The van der Waals surface area contributed by atoms with Crippen molar-refractivity contribution in [1.29, 1.82) is 0 Å². The molecule has 9 nitrogen and oxygen atoms in total. The lowest BCUT2D eigenvalue weighted by atomic mass is 9.88. The summed E-state index contributed by atoms with van der Waals surface area (Å²) in [6, 6.07) is 7.89. The van der Waals surface area contributed by atoms with Crippen LogP contribution in [0.4, 0.5) is 4.79 Å². The number of hydrogen-bond acceptors (Lipinski definition) is 7. The number of nitrogens with two attached hydrogens (primary N) is 1. The summed E-state index contributed by atoms with van der Waals surface area (Å²) in [7, 11) is 0. The highest BCUT2D eigenvalue weighted by Crippen LogP contribution is 2.34. The van der Waals surface area contributed by atoms with Crippen molar-refractivity contribution < 1.29 is 19.4 Å². The average molecular weight is 498 g/mol. The Hall–Kier alpha value is -3.24. The molecule has 186 valence electrons. The highest BCUT2D eigenvalue weighted by molar-refractivity contribution is 7.13. The monoisotopic (exact) mass is 497 g/mol. The van der Waals surface area contributed by atoms with Crippen LogP contribution in [0.15, 0.2) is 36.0 Å².